The Morgan fingerprint density at radius 2 is 1.76 bits per heavy atom. The minimum Gasteiger partial charge on any atom is -0.726 e. The summed E-state index contributed by atoms with van der Waals surface area (Å²) in [6.07, 6.45) is 2.66. The first-order valence-electron chi connectivity index (χ1n) is 7.06. The number of hydrogen-bond donors (Lipinski definition) is 0. The van der Waals surface area contributed by atoms with E-state index in [0.717, 1.165) is 12.8 Å². The first-order valence-corrected chi connectivity index (χ1v) is 8.39. The third-order valence-corrected chi connectivity index (χ3v) is 3.45. The predicted octanol–water partition coefficient (Wildman–Crippen LogP) is 1.13. The minimum atomic E-state index is -4.41. The molecule has 2 aromatic rings. The van der Waals surface area contributed by atoms with E-state index in [9.17, 15) is 23.1 Å². The normalized spacial score (nSPS) is 10.5. The van der Waals surface area contributed by atoms with Crippen molar-refractivity contribution in [3.63, 3.8) is 0 Å². The van der Waals surface area contributed by atoms with Crippen molar-refractivity contribution in [2.24, 2.45) is 7.05 Å². The summed E-state index contributed by atoms with van der Waals surface area (Å²) >= 11 is 0. The number of nitro groups is 1. The van der Waals surface area contributed by atoms with E-state index < -0.39 is 15.3 Å². The number of nitrogens with zero attached hydrogens (tertiary/aromatic N) is 2. The highest BCUT2D eigenvalue weighted by Gasteiger charge is 2.14. The van der Waals surface area contributed by atoms with Gasteiger partial charge in [-0.1, -0.05) is 18.2 Å². The summed E-state index contributed by atoms with van der Waals surface area (Å²) in [5.41, 5.74) is 1.11. The monoisotopic (exact) mass is 370 g/mol. The van der Waals surface area contributed by atoms with Crippen LogP contribution in [0, 0.1) is 10.1 Å². The Balaban J connectivity index is 0.000000450. The van der Waals surface area contributed by atoms with Gasteiger partial charge in [0.1, 0.15) is 7.05 Å². The Bertz CT molecular complexity index is 809. The van der Waals surface area contributed by atoms with Crippen molar-refractivity contribution < 1.29 is 31.4 Å². The summed E-state index contributed by atoms with van der Waals surface area (Å²) in [4.78, 5) is 10.4. The SMILES string of the molecule is COS(=O)(=O)[O-].C[n+]1ccccc1CCOc1ccccc1[N+](=O)[O-]. The molecule has 0 atom stereocenters. The third kappa shape index (κ3) is 7.70. The highest BCUT2D eigenvalue weighted by atomic mass is 32.3. The Morgan fingerprint density at radius 1 is 1.16 bits per heavy atom. The molecule has 10 heteroatoms. The number of para-hydroxylation sites is 2. The van der Waals surface area contributed by atoms with Crippen LogP contribution in [0.5, 0.6) is 5.75 Å². The van der Waals surface area contributed by atoms with E-state index in [2.05, 4.69) is 4.18 Å². The van der Waals surface area contributed by atoms with Gasteiger partial charge in [0, 0.05) is 18.2 Å². The Hall–Kier alpha value is -2.56. The van der Waals surface area contributed by atoms with Crippen LogP contribution in [0.3, 0.4) is 0 Å². The molecule has 9 nitrogen and oxygen atoms in total. The van der Waals surface area contributed by atoms with Gasteiger partial charge in [-0.2, -0.15) is 0 Å². The fraction of sp³-hybridized carbons (Fsp3) is 0.267. The predicted molar refractivity (Wildman–Crippen MR) is 86.6 cm³/mol. The molecule has 0 N–H and O–H groups in total. The highest BCUT2D eigenvalue weighted by Crippen LogP contribution is 2.25. The van der Waals surface area contributed by atoms with Gasteiger partial charge in [-0.25, -0.2) is 13.0 Å². The molecule has 0 bridgehead atoms. The van der Waals surface area contributed by atoms with Crippen LogP contribution in [0.15, 0.2) is 48.7 Å². The maximum absolute atomic E-state index is 10.8. The second-order valence-corrected chi connectivity index (χ2v) is 5.85. The summed E-state index contributed by atoms with van der Waals surface area (Å²) in [6.45, 7) is 0.405. The van der Waals surface area contributed by atoms with Crippen LogP contribution in [0.1, 0.15) is 5.69 Å². The number of benzene rings is 1. The zero-order chi connectivity index (χ0) is 18.9. The van der Waals surface area contributed by atoms with E-state index in [1.165, 1.54) is 6.07 Å². The first-order chi connectivity index (χ1) is 11.7. The fourth-order valence-corrected chi connectivity index (χ4v) is 1.81. The second-order valence-electron chi connectivity index (χ2n) is 4.70. The van der Waals surface area contributed by atoms with Crippen LogP contribution >= 0.6 is 0 Å². The molecule has 1 aromatic heterocycles. The molecule has 0 saturated carbocycles. The molecule has 1 heterocycles. The zero-order valence-electron chi connectivity index (χ0n) is 13.7. The lowest BCUT2D eigenvalue weighted by molar-refractivity contribution is -0.679. The first kappa shape index (κ1) is 20.5. The number of aromatic nitrogens is 1. The summed E-state index contributed by atoms with van der Waals surface area (Å²) in [6, 6.07) is 12.3. The van der Waals surface area contributed by atoms with Gasteiger partial charge >= 0.3 is 5.69 Å². The maximum atomic E-state index is 10.8. The largest absolute Gasteiger partial charge is 0.726 e. The molecule has 0 saturated heterocycles. The van der Waals surface area contributed by atoms with Gasteiger partial charge in [0.15, 0.2) is 17.6 Å². The highest BCUT2D eigenvalue weighted by molar-refractivity contribution is 7.80. The second kappa shape index (κ2) is 9.67. The molecular formula is C15H18N2O7S. The molecule has 0 amide bonds. The van der Waals surface area contributed by atoms with Crippen LogP contribution in [0.25, 0.3) is 0 Å². The Kier molecular flexibility index (Phi) is 7.92. The van der Waals surface area contributed by atoms with E-state index in [1.54, 1.807) is 18.2 Å². The van der Waals surface area contributed by atoms with Gasteiger partial charge in [0.05, 0.1) is 25.1 Å². The lowest BCUT2D eigenvalue weighted by Crippen LogP contribution is -2.33. The molecule has 0 aliphatic rings. The summed E-state index contributed by atoms with van der Waals surface area (Å²) < 4.78 is 38.5. The average molecular weight is 370 g/mol. The van der Waals surface area contributed by atoms with Gasteiger partial charge in [0.25, 0.3) is 0 Å². The lowest BCUT2D eigenvalue weighted by Gasteiger charge is -2.05. The molecule has 0 unspecified atom stereocenters. The van der Waals surface area contributed by atoms with Crippen LogP contribution in [0.2, 0.25) is 0 Å². The average Bonchev–Trinajstić information content (AvgIpc) is 2.57. The zero-order valence-corrected chi connectivity index (χ0v) is 14.5. The van der Waals surface area contributed by atoms with Crippen LogP contribution < -0.4 is 9.30 Å². The van der Waals surface area contributed by atoms with Crippen molar-refractivity contribution in [1.29, 1.82) is 0 Å². The van der Waals surface area contributed by atoms with Crippen molar-refractivity contribution in [3.05, 3.63) is 64.5 Å². The number of aryl methyl sites for hydroxylation is 1. The van der Waals surface area contributed by atoms with Gasteiger partial charge in [0.2, 0.25) is 10.4 Å². The molecule has 0 fully saturated rings. The van der Waals surface area contributed by atoms with Crippen LogP contribution in [-0.2, 0) is 28.1 Å². The fourth-order valence-electron chi connectivity index (χ4n) is 1.81. The number of hydrogen-bond acceptors (Lipinski definition) is 7. The van der Waals surface area contributed by atoms with Crippen molar-refractivity contribution in [2.75, 3.05) is 13.7 Å². The van der Waals surface area contributed by atoms with Crippen molar-refractivity contribution in [3.8, 4) is 5.75 Å². The standard InChI is InChI=1S/C14H15N2O3.CH4O4S/c1-15-10-5-4-6-12(15)9-11-19-14-8-3-2-7-13(14)16(17)18;1-5-6(2,3)4/h2-8,10H,9,11H2,1H3;1H3,(H,2,3,4)/q+1;/p-1. The molecule has 0 spiro atoms. The van der Waals surface area contributed by atoms with Crippen molar-refractivity contribution in [1.82, 2.24) is 0 Å². The lowest BCUT2D eigenvalue weighted by atomic mass is 10.2. The van der Waals surface area contributed by atoms with Gasteiger partial charge in [-0.3, -0.25) is 14.3 Å². The van der Waals surface area contributed by atoms with E-state index >= 15 is 0 Å². The smallest absolute Gasteiger partial charge is 0.310 e. The molecule has 136 valence electrons. The number of nitro benzene ring substituents is 1. The topological polar surface area (TPSA) is 123 Å². The molecule has 2 rings (SSSR count). The van der Waals surface area contributed by atoms with E-state index in [1.807, 2.05) is 36.0 Å². The van der Waals surface area contributed by atoms with E-state index in [0.29, 0.717) is 18.8 Å². The summed E-state index contributed by atoms with van der Waals surface area (Å²) in [5.74, 6) is 0.311. The van der Waals surface area contributed by atoms with E-state index in [-0.39, 0.29) is 5.69 Å². The van der Waals surface area contributed by atoms with Crippen molar-refractivity contribution in [2.45, 2.75) is 6.42 Å². The van der Waals surface area contributed by atoms with Crippen molar-refractivity contribution >= 4 is 16.1 Å². The third-order valence-electron chi connectivity index (χ3n) is 3.04. The number of rotatable bonds is 6. The number of pyridine rings is 1. The Labute approximate surface area is 145 Å². The number of ether oxygens (including phenoxy) is 1. The molecular weight excluding hydrogens is 352 g/mol. The van der Waals surface area contributed by atoms with Crippen LogP contribution in [0.4, 0.5) is 5.69 Å². The summed E-state index contributed by atoms with van der Waals surface area (Å²) in [7, 11) is -1.65. The Morgan fingerprint density at radius 3 is 2.32 bits per heavy atom. The van der Waals surface area contributed by atoms with Gasteiger partial charge < -0.3 is 9.29 Å². The van der Waals surface area contributed by atoms with Gasteiger partial charge in [-0.15, -0.1) is 0 Å². The molecule has 0 aliphatic heterocycles. The van der Waals surface area contributed by atoms with E-state index in [4.69, 9.17) is 4.74 Å². The quantitative estimate of drug-likeness (QED) is 0.245. The van der Waals surface area contributed by atoms with Gasteiger partial charge in [-0.05, 0) is 6.07 Å². The minimum absolute atomic E-state index is 0.0000586. The molecule has 1 aromatic carbocycles. The summed E-state index contributed by atoms with van der Waals surface area (Å²) in [5, 5.41) is 10.8. The molecule has 0 radical (unpaired) electrons. The molecule has 0 aliphatic carbocycles. The van der Waals surface area contributed by atoms with Crippen LogP contribution in [-0.4, -0.2) is 31.6 Å². The molecule has 25 heavy (non-hydrogen) atoms. The maximum Gasteiger partial charge on any atom is 0.310 e.